The number of hydrogen-bond acceptors (Lipinski definition) is 3. The second kappa shape index (κ2) is 5.31. The molecule has 0 aliphatic carbocycles. The molecule has 0 amide bonds. The van der Waals surface area contributed by atoms with Crippen molar-refractivity contribution in [1.82, 2.24) is 0 Å². The van der Waals surface area contributed by atoms with E-state index in [0.717, 1.165) is 12.8 Å². The van der Waals surface area contributed by atoms with Crippen LogP contribution in [0, 0.1) is 5.92 Å². The van der Waals surface area contributed by atoms with Gasteiger partial charge in [0.1, 0.15) is 6.10 Å². The SMILES string of the molecule is C=CC[C@H]1C[C@@H](OC(C)=O)[C@@H](C)[C@@H](C)O1. The third kappa shape index (κ3) is 3.34. The summed E-state index contributed by atoms with van der Waals surface area (Å²) >= 11 is 0. The van der Waals surface area contributed by atoms with E-state index in [1.54, 1.807) is 0 Å². The van der Waals surface area contributed by atoms with Gasteiger partial charge in [-0.05, 0) is 13.3 Å². The van der Waals surface area contributed by atoms with Crippen molar-refractivity contribution in [2.45, 2.75) is 51.9 Å². The van der Waals surface area contributed by atoms with E-state index in [1.807, 2.05) is 13.0 Å². The lowest BCUT2D eigenvalue weighted by molar-refractivity contribution is -0.168. The third-order valence-electron chi connectivity index (χ3n) is 2.98. The monoisotopic (exact) mass is 212 g/mol. The van der Waals surface area contributed by atoms with Crippen LogP contribution in [0.2, 0.25) is 0 Å². The zero-order valence-electron chi connectivity index (χ0n) is 9.73. The van der Waals surface area contributed by atoms with Crippen molar-refractivity contribution in [2.24, 2.45) is 5.92 Å². The summed E-state index contributed by atoms with van der Waals surface area (Å²) in [4.78, 5) is 10.9. The quantitative estimate of drug-likeness (QED) is 0.532. The Morgan fingerprint density at radius 2 is 2.27 bits per heavy atom. The van der Waals surface area contributed by atoms with Crippen LogP contribution in [0.4, 0.5) is 0 Å². The van der Waals surface area contributed by atoms with Gasteiger partial charge < -0.3 is 9.47 Å². The summed E-state index contributed by atoms with van der Waals surface area (Å²) in [6, 6.07) is 0. The van der Waals surface area contributed by atoms with Crippen molar-refractivity contribution in [1.29, 1.82) is 0 Å². The molecular formula is C12H20O3. The largest absolute Gasteiger partial charge is 0.462 e. The maximum absolute atomic E-state index is 10.9. The molecule has 0 spiro atoms. The average Bonchev–Trinajstić information content (AvgIpc) is 2.13. The molecule has 0 bridgehead atoms. The van der Waals surface area contributed by atoms with E-state index < -0.39 is 0 Å². The summed E-state index contributed by atoms with van der Waals surface area (Å²) < 4.78 is 11.1. The third-order valence-corrected chi connectivity index (χ3v) is 2.98. The van der Waals surface area contributed by atoms with Crippen LogP contribution in [0.15, 0.2) is 12.7 Å². The van der Waals surface area contributed by atoms with Crippen LogP contribution >= 0.6 is 0 Å². The Morgan fingerprint density at radius 1 is 1.60 bits per heavy atom. The molecule has 0 N–H and O–H groups in total. The lowest BCUT2D eigenvalue weighted by Crippen LogP contribution is -2.43. The Kier molecular flexibility index (Phi) is 4.33. The minimum Gasteiger partial charge on any atom is -0.462 e. The molecule has 0 aromatic rings. The molecular weight excluding hydrogens is 192 g/mol. The fraction of sp³-hybridized carbons (Fsp3) is 0.750. The first kappa shape index (κ1) is 12.2. The van der Waals surface area contributed by atoms with Gasteiger partial charge in [-0.3, -0.25) is 4.79 Å². The Labute approximate surface area is 91.4 Å². The van der Waals surface area contributed by atoms with E-state index in [0.29, 0.717) is 0 Å². The van der Waals surface area contributed by atoms with Gasteiger partial charge in [-0.15, -0.1) is 6.58 Å². The Balaban J connectivity index is 2.59. The molecule has 1 rings (SSSR count). The van der Waals surface area contributed by atoms with Crippen LogP contribution in [0.1, 0.15) is 33.6 Å². The number of carbonyl (C=O) groups excluding carboxylic acids is 1. The first-order chi connectivity index (χ1) is 7.04. The Bertz CT molecular complexity index is 237. The molecule has 1 saturated heterocycles. The van der Waals surface area contributed by atoms with Gasteiger partial charge in [-0.1, -0.05) is 13.0 Å². The molecule has 1 fully saturated rings. The van der Waals surface area contributed by atoms with Crippen LogP contribution in [0.3, 0.4) is 0 Å². The lowest BCUT2D eigenvalue weighted by atomic mass is 9.90. The molecule has 3 nitrogen and oxygen atoms in total. The van der Waals surface area contributed by atoms with Crippen molar-refractivity contribution in [3.05, 3.63) is 12.7 Å². The van der Waals surface area contributed by atoms with Crippen LogP contribution in [-0.4, -0.2) is 24.3 Å². The highest BCUT2D eigenvalue weighted by Crippen LogP contribution is 2.29. The molecule has 0 unspecified atom stereocenters. The van der Waals surface area contributed by atoms with Gasteiger partial charge in [-0.25, -0.2) is 0 Å². The highest BCUT2D eigenvalue weighted by molar-refractivity contribution is 5.66. The highest BCUT2D eigenvalue weighted by Gasteiger charge is 2.34. The number of hydrogen-bond donors (Lipinski definition) is 0. The van der Waals surface area contributed by atoms with E-state index in [-0.39, 0.29) is 30.2 Å². The summed E-state index contributed by atoms with van der Waals surface area (Å²) in [5.41, 5.74) is 0. The second-order valence-electron chi connectivity index (χ2n) is 4.23. The highest BCUT2D eigenvalue weighted by atomic mass is 16.6. The van der Waals surface area contributed by atoms with Crippen LogP contribution < -0.4 is 0 Å². The maximum Gasteiger partial charge on any atom is 0.302 e. The maximum atomic E-state index is 10.9. The van der Waals surface area contributed by atoms with Gasteiger partial charge in [0.15, 0.2) is 0 Å². The first-order valence-electron chi connectivity index (χ1n) is 5.48. The van der Waals surface area contributed by atoms with Crippen LogP contribution in [0.5, 0.6) is 0 Å². The Hall–Kier alpha value is -0.830. The van der Waals surface area contributed by atoms with E-state index >= 15 is 0 Å². The molecule has 3 heteroatoms. The van der Waals surface area contributed by atoms with Gasteiger partial charge >= 0.3 is 5.97 Å². The van der Waals surface area contributed by atoms with Gasteiger partial charge in [0, 0.05) is 19.3 Å². The van der Waals surface area contributed by atoms with Gasteiger partial charge in [0.25, 0.3) is 0 Å². The van der Waals surface area contributed by atoms with E-state index in [4.69, 9.17) is 9.47 Å². The summed E-state index contributed by atoms with van der Waals surface area (Å²) in [6.45, 7) is 9.23. The number of carbonyl (C=O) groups is 1. The lowest BCUT2D eigenvalue weighted by Gasteiger charge is -2.38. The topological polar surface area (TPSA) is 35.5 Å². The van der Waals surface area contributed by atoms with Gasteiger partial charge in [0.2, 0.25) is 0 Å². The molecule has 1 aliphatic heterocycles. The van der Waals surface area contributed by atoms with Crippen molar-refractivity contribution in [3.8, 4) is 0 Å². The fourth-order valence-corrected chi connectivity index (χ4v) is 1.97. The molecule has 15 heavy (non-hydrogen) atoms. The minimum atomic E-state index is -0.210. The molecule has 1 aliphatic rings. The molecule has 1 heterocycles. The molecule has 0 saturated carbocycles. The van der Waals surface area contributed by atoms with E-state index in [9.17, 15) is 4.79 Å². The number of rotatable bonds is 3. The summed E-state index contributed by atoms with van der Waals surface area (Å²) in [7, 11) is 0. The van der Waals surface area contributed by atoms with Crippen molar-refractivity contribution in [2.75, 3.05) is 0 Å². The number of esters is 1. The van der Waals surface area contributed by atoms with Crippen LogP contribution in [-0.2, 0) is 14.3 Å². The first-order valence-corrected chi connectivity index (χ1v) is 5.48. The van der Waals surface area contributed by atoms with E-state index in [2.05, 4.69) is 13.5 Å². The summed E-state index contributed by atoms with van der Waals surface area (Å²) in [6.07, 6.45) is 3.69. The number of ether oxygens (including phenoxy) is 2. The molecule has 0 aromatic carbocycles. The molecule has 86 valence electrons. The van der Waals surface area contributed by atoms with Crippen molar-refractivity contribution in [3.63, 3.8) is 0 Å². The minimum absolute atomic E-state index is 0.0174. The summed E-state index contributed by atoms with van der Waals surface area (Å²) in [5.74, 6) is 0.0493. The fourth-order valence-electron chi connectivity index (χ4n) is 1.97. The smallest absolute Gasteiger partial charge is 0.302 e. The zero-order chi connectivity index (χ0) is 11.4. The Morgan fingerprint density at radius 3 is 2.80 bits per heavy atom. The van der Waals surface area contributed by atoms with Crippen molar-refractivity contribution < 1.29 is 14.3 Å². The average molecular weight is 212 g/mol. The van der Waals surface area contributed by atoms with Gasteiger partial charge in [0.05, 0.1) is 12.2 Å². The summed E-state index contributed by atoms with van der Waals surface area (Å²) in [5, 5.41) is 0. The van der Waals surface area contributed by atoms with Crippen molar-refractivity contribution >= 4 is 5.97 Å². The molecule has 0 aromatic heterocycles. The van der Waals surface area contributed by atoms with Crippen LogP contribution in [0.25, 0.3) is 0 Å². The molecule has 0 radical (unpaired) electrons. The second-order valence-corrected chi connectivity index (χ2v) is 4.23. The van der Waals surface area contributed by atoms with Gasteiger partial charge in [-0.2, -0.15) is 0 Å². The zero-order valence-corrected chi connectivity index (χ0v) is 9.73. The standard InChI is InChI=1S/C12H20O3/c1-5-6-11-7-12(15-10(4)13)8(2)9(3)14-11/h5,8-9,11-12H,1,6-7H2,2-4H3/t8-,9+,11-,12+/m0/s1. The van der Waals surface area contributed by atoms with E-state index in [1.165, 1.54) is 6.92 Å². The molecule has 4 atom stereocenters. The predicted octanol–water partition coefficient (Wildman–Crippen LogP) is 2.31. The normalized spacial score (nSPS) is 35.9. The predicted molar refractivity (Wildman–Crippen MR) is 58.5 cm³/mol.